The van der Waals surface area contributed by atoms with Gasteiger partial charge in [-0.25, -0.2) is 4.79 Å². The van der Waals surface area contributed by atoms with Gasteiger partial charge in [0.1, 0.15) is 0 Å². The normalized spacial score (nSPS) is 11.1. The minimum atomic E-state index is -0.287. The van der Waals surface area contributed by atoms with E-state index < -0.39 is 0 Å². The molecule has 0 saturated heterocycles. The fourth-order valence-corrected chi connectivity index (χ4v) is 1.38. The monoisotopic (exact) mass is 230 g/mol. The summed E-state index contributed by atoms with van der Waals surface area (Å²) in [5, 5.41) is 0. The van der Waals surface area contributed by atoms with E-state index >= 15 is 0 Å². The minimum Gasteiger partial charge on any atom is -0.466 e. The molecule has 1 rings (SSSR count). The molecule has 0 unspecified atom stereocenters. The Hall–Kier alpha value is -1.83. The molecule has 90 valence electrons. The van der Waals surface area contributed by atoms with Crippen molar-refractivity contribution in [1.29, 1.82) is 0 Å². The number of carbonyl (C=O) groups is 1. The topological polar surface area (TPSA) is 26.3 Å². The van der Waals surface area contributed by atoms with Gasteiger partial charge in [0.25, 0.3) is 0 Å². The molecule has 0 aliphatic rings. The molecule has 0 N–H and O–H groups in total. The molecule has 0 bridgehead atoms. The summed E-state index contributed by atoms with van der Waals surface area (Å²) in [6, 6.07) is 10.2. The summed E-state index contributed by atoms with van der Waals surface area (Å²) in [4.78, 5) is 10.8. The van der Waals surface area contributed by atoms with Crippen LogP contribution in [0.4, 0.5) is 0 Å². The molecule has 1 aromatic carbocycles. The molecule has 0 aromatic heterocycles. The first-order chi connectivity index (χ1) is 8.33. The molecule has 2 nitrogen and oxygen atoms in total. The van der Waals surface area contributed by atoms with Gasteiger partial charge in [-0.2, -0.15) is 0 Å². The first-order valence-corrected chi connectivity index (χ1v) is 5.79. The third kappa shape index (κ3) is 6.36. The van der Waals surface area contributed by atoms with Crippen LogP contribution < -0.4 is 0 Å². The molecule has 0 spiro atoms. The number of unbranched alkanes of at least 4 members (excludes halogenated alkanes) is 2. The lowest BCUT2D eigenvalue weighted by Gasteiger charge is -1.93. The highest BCUT2D eigenvalue weighted by Gasteiger charge is 1.89. The van der Waals surface area contributed by atoms with Crippen molar-refractivity contribution >= 4 is 12.0 Å². The largest absolute Gasteiger partial charge is 0.466 e. The Balaban J connectivity index is 2.14. The number of hydrogen-bond acceptors (Lipinski definition) is 2. The maximum Gasteiger partial charge on any atom is 0.330 e. The van der Waals surface area contributed by atoms with Crippen LogP contribution >= 0.6 is 0 Å². The van der Waals surface area contributed by atoms with Crippen molar-refractivity contribution in [1.82, 2.24) is 0 Å². The molecule has 0 aliphatic heterocycles. The number of carbonyl (C=O) groups excluding carboxylic acids is 1. The minimum absolute atomic E-state index is 0.287. The van der Waals surface area contributed by atoms with Crippen LogP contribution in [0.2, 0.25) is 0 Å². The second-order valence-corrected chi connectivity index (χ2v) is 3.67. The Bertz CT molecular complexity index is 377. The molecule has 0 atom stereocenters. The maximum absolute atomic E-state index is 10.8. The molecule has 0 amide bonds. The summed E-state index contributed by atoms with van der Waals surface area (Å²) in [7, 11) is 1.38. The molecule has 0 heterocycles. The lowest BCUT2D eigenvalue weighted by molar-refractivity contribution is -0.134. The van der Waals surface area contributed by atoms with Gasteiger partial charge in [0.15, 0.2) is 0 Å². The summed E-state index contributed by atoms with van der Waals surface area (Å²) < 4.78 is 4.50. The molecule has 2 heteroatoms. The van der Waals surface area contributed by atoms with Gasteiger partial charge in [-0.3, -0.25) is 0 Å². The van der Waals surface area contributed by atoms with Gasteiger partial charge in [-0.1, -0.05) is 48.6 Å². The van der Waals surface area contributed by atoms with Crippen molar-refractivity contribution in [3.05, 3.63) is 54.1 Å². The number of rotatable bonds is 6. The molecule has 0 radical (unpaired) electrons. The average Bonchev–Trinajstić information content (AvgIpc) is 2.38. The Kier molecular flexibility index (Phi) is 6.49. The van der Waals surface area contributed by atoms with Crippen LogP contribution in [0.5, 0.6) is 0 Å². The van der Waals surface area contributed by atoms with E-state index in [4.69, 9.17) is 0 Å². The Morgan fingerprint density at radius 2 is 1.88 bits per heavy atom. The van der Waals surface area contributed by atoms with Crippen LogP contribution in [-0.2, 0) is 9.53 Å². The molecule has 1 aromatic rings. The predicted molar refractivity (Wildman–Crippen MR) is 70.5 cm³/mol. The summed E-state index contributed by atoms with van der Waals surface area (Å²) in [6.45, 7) is 0. The number of methoxy groups -OCH3 is 1. The van der Waals surface area contributed by atoms with E-state index in [1.54, 1.807) is 0 Å². The zero-order valence-corrected chi connectivity index (χ0v) is 10.1. The summed E-state index contributed by atoms with van der Waals surface area (Å²) in [6.07, 6.45) is 10.5. The van der Waals surface area contributed by atoms with Gasteiger partial charge in [0.05, 0.1) is 7.11 Å². The number of benzene rings is 1. The molecule has 0 fully saturated rings. The zero-order valence-electron chi connectivity index (χ0n) is 10.1. The number of ether oxygens (including phenoxy) is 1. The lowest BCUT2D eigenvalue weighted by Crippen LogP contribution is -1.93. The number of allylic oxidation sites excluding steroid dienone is 2. The highest BCUT2D eigenvalue weighted by molar-refractivity contribution is 5.81. The fourth-order valence-electron chi connectivity index (χ4n) is 1.38. The lowest BCUT2D eigenvalue weighted by atomic mass is 10.1. The van der Waals surface area contributed by atoms with E-state index in [1.165, 1.54) is 18.7 Å². The first kappa shape index (κ1) is 13.2. The van der Waals surface area contributed by atoms with Crippen molar-refractivity contribution in [3.8, 4) is 0 Å². The van der Waals surface area contributed by atoms with E-state index in [9.17, 15) is 4.79 Å². The predicted octanol–water partition coefficient (Wildman–Crippen LogP) is 3.60. The highest BCUT2D eigenvalue weighted by Crippen LogP contribution is 2.04. The van der Waals surface area contributed by atoms with E-state index in [-0.39, 0.29) is 5.97 Å². The van der Waals surface area contributed by atoms with Gasteiger partial charge in [-0.15, -0.1) is 0 Å². The van der Waals surface area contributed by atoms with Gasteiger partial charge in [0, 0.05) is 6.08 Å². The Morgan fingerprint density at radius 1 is 1.18 bits per heavy atom. The smallest absolute Gasteiger partial charge is 0.330 e. The zero-order chi connectivity index (χ0) is 12.3. The van der Waals surface area contributed by atoms with Crippen molar-refractivity contribution in [2.24, 2.45) is 0 Å². The van der Waals surface area contributed by atoms with Crippen LogP contribution in [0.15, 0.2) is 48.6 Å². The van der Waals surface area contributed by atoms with Gasteiger partial charge < -0.3 is 4.74 Å². The van der Waals surface area contributed by atoms with Crippen LogP contribution in [0.3, 0.4) is 0 Å². The van der Waals surface area contributed by atoms with E-state index in [0.717, 1.165) is 19.3 Å². The van der Waals surface area contributed by atoms with Crippen molar-refractivity contribution in [2.45, 2.75) is 19.3 Å². The van der Waals surface area contributed by atoms with Crippen molar-refractivity contribution in [2.75, 3.05) is 7.11 Å². The van der Waals surface area contributed by atoms with E-state index in [0.29, 0.717) is 0 Å². The average molecular weight is 230 g/mol. The Morgan fingerprint density at radius 3 is 2.59 bits per heavy atom. The van der Waals surface area contributed by atoms with Crippen LogP contribution in [0, 0.1) is 0 Å². The standard InChI is InChI=1S/C15H18O2/c1-17-15(16)13-9-4-2-3-6-10-14-11-7-5-8-12-14/h5-13H,2-4H2,1H3/b10-6-,13-9+. The third-order valence-corrected chi connectivity index (χ3v) is 2.31. The van der Waals surface area contributed by atoms with Crippen LogP contribution in [0.1, 0.15) is 24.8 Å². The van der Waals surface area contributed by atoms with Gasteiger partial charge in [0.2, 0.25) is 0 Å². The number of esters is 1. The van der Waals surface area contributed by atoms with Crippen molar-refractivity contribution in [3.63, 3.8) is 0 Å². The number of hydrogen-bond donors (Lipinski definition) is 0. The third-order valence-electron chi connectivity index (χ3n) is 2.31. The summed E-state index contributed by atoms with van der Waals surface area (Å²) >= 11 is 0. The van der Waals surface area contributed by atoms with E-state index in [1.807, 2.05) is 24.3 Å². The molecule has 0 saturated carbocycles. The van der Waals surface area contributed by atoms with Crippen LogP contribution in [-0.4, -0.2) is 13.1 Å². The summed E-state index contributed by atoms with van der Waals surface area (Å²) in [5.41, 5.74) is 1.22. The molecule has 17 heavy (non-hydrogen) atoms. The quantitative estimate of drug-likeness (QED) is 0.424. The second kappa shape index (κ2) is 8.34. The molecular weight excluding hydrogens is 212 g/mol. The fraction of sp³-hybridized carbons (Fsp3) is 0.267. The molecular formula is C15H18O2. The van der Waals surface area contributed by atoms with Gasteiger partial charge >= 0.3 is 5.97 Å². The first-order valence-electron chi connectivity index (χ1n) is 5.79. The molecule has 0 aliphatic carbocycles. The van der Waals surface area contributed by atoms with Crippen LogP contribution in [0.25, 0.3) is 6.08 Å². The highest BCUT2D eigenvalue weighted by atomic mass is 16.5. The van der Waals surface area contributed by atoms with Gasteiger partial charge in [-0.05, 0) is 24.8 Å². The summed E-state index contributed by atoms with van der Waals surface area (Å²) in [5.74, 6) is -0.287. The maximum atomic E-state index is 10.8. The SMILES string of the molecule is COC(=O)/C=C/CCC/C=C\c1ccccc1. The van der Waals surface area contributed by atoms with E-state index in [2.05, 4.69) is 29.0 Å². The Labute approximate surface area is 103 Å². The van der Waals surface area contributed by atoms with Crippen molar-refractivity contribution < 1.29 is 9.53 Å². The second-order valence-electron chi connectivity index (χ2n) is 3.67.